The number of rotatable bonds is 1. The molecule has 1 aliphatic heterocycles. The van der Waals surface area contributed by atoms with Crippen molar-refractivity contribution in [2.24, 2.45) is 16.2 Å². The predicted octanol–water partition coefficient (Wildman–Crippen LogP) is 4.40. The van der Waals surface area contributed by atoms with Gasteiger partial charge in [-0.15, -0.1) is 0 Å². The van der Waals surface area contributed by atoms with Crippen LogP contribution < -0.4 is 0 Å². The van der Waals surface area contributed by atoms with E-state index in [-0.39, 0.29) is 22.2 Å². The van der Waals surface area contributed by atoms with Gasteiger partial charge in [0.2, 0.25) is 0 Å². The Kier molecular flexibility index (Phi) is 4.38. The Balaban J connectivity index is 2.17. The van der Waals surface area contributed by atoms with Crippen molar-refractivity contribution in [1.82, 2.24) is 9.88 Å². The number of likely N-dealkylation sites (tertiary alicyclic amines) is 1. The van der Waals surface area contributed by atoms with Crippen LogP contribution in [0.25, 0.3) is 0 Å². The summed E-state index contributed by atoms with van der Waals surface area (Å²) in [6, 6.07) is 3.68. The summed E-state index contributed by atoms with van der Waals surface area (Å²) in [6.07, 6.45) is 5.49. The van der Waals surface area contributed by atoms with E-state index in [0.717, 1.165) is 25.9 Å². The predicted molar refractivity (Wildman–Crippen MR) is 90.7 cm³/mol. The highest BCUT2D eigenvalue weighted by molar-refractivity contribution is 5.93. The zero-order valence-corrected chi connectivity index (χ0v) is 14.9. The molecule has 0 unspecified atom stereocenters. The van der Waals surface area contributed by atoms with Crippen molar-refractivity contribution in [3.63, 3.8) is 0 Å². The molecule has 1 aromatic rings. The van der Waals surface area contributed by atoms with Crippen LogP contribution in [-0.2, 0) is 0 Å². The quantitative estimate of drug-likeness (QED) is 0.770. The Bertz CT molecular complexity index is 499. The fraction of sp³-hybridized carbons (Fsp3) is 0.684. The molecule has 0 bridgehead atoms. The maximum atomic E-state index is 12.6. The number of pyridine rings is 1. The second kappa shape index (κ2) is 5.68. The monoisotopic (exact) mass is 302 g/mol. The molecule has 1 aromatic heterocycles. The number of nitrogens with zero attached hydrogens (tertiary/aromatic N) is 2. The summed E-state index contributed by atoms with van der Waals surface area (Å²) < 4.78 is 0. The first-order chi connectivity index (χ1) is 10.1. The summed E-state index contributed by atoms with van der Waals surface area (Å²) in [7, 11) is 0. The molecule has 3 nitrogen and oxygen atoms in total. The van der Waals surface area contributed by atoms with Crippen LogP contribution in [0.3, 0.4) is 0 Å². The molecule has 2 rings (SSSR count). The molecule has 0 atom stereocenters. The molecule has 0 aromatic carbocycles. The zero-order chi connectivity index (χ0) is 16.6. The second-order valence-electron chi connectivity index (χ2n) is 8.62. The zero-order valence-electron chi connectivity index (χ0n) is 14.9. The Labute approximate surface area is 135 Å². The van der Waals surface area contributed by atoms with E-state index >= 15 is 0 Å². The van der Waals surface area contributed by atoms with E-state index in [2.05, 4.69) is 46.5 Å². The summed E-state index contributed by atoms with van der Waals surface area (Å²) in [5.41, 5.74) is 1.41. The van der Waals surface area contributed by atoms with Gasteiger partial charge < -0.3 is 4.90 Å². The number of hydrogen-bond donors (Lipinski definition) is 0. The van der Waals surface area contributed by atoms with Crippen LogP contribution in [0.2, 0.25) is 0 Å². The Morgan fingerprint density at radius 2 is 1.64 bits per heavy atom. The van der Waals surface area contributed by atoms with Crippen LogP contribution in [-0.4, -0.2) is 28.9 Å². The Morgan fingerprint density at radius 1 is 1.09 bits per heavy atom. The van der Waals surface area contributed by atoms with Gasteiger partial charge in [0.25, 0.3) is 5.91 Å². The lowest BCUT2D eigenvalue weighted by Gasteiger charge is -2.57. The lowest BCUT2D eigenvalue weighted by molar-refractivity contribution is -0.0763. The largest absolute Gasteiger partial charge is 0.339 e. The molecular weight excluding hydrogens is 272 g/mol. The van der Waals surface area contributed by atoms with Crippen LogP contribution in [0.15, 0.2) is 24.5 Å². The number of carbonyl (C=O) groups is 1. The third kappa shape index (κ3) is 2.90. The standard InChI is InChI=1S/C19H30N2O/c1-17(2,3)19(18(4,5)6)9-12-21(13-10-19)16(22)15-8-7-11-20-14-15/h7-8,11,14H,9-10,12-13H2,1-6H3. The summed E-state index contributed by atoms with van der Waals surface area (Å²) >= 11 is 0. The second-order valence-corrected chi connectivity index (χ2v) is 8.62. The average Bonchev–Trinajstić information content (AvgIpc) is 2.45. The van der Waals surface area contributed by atoms with E-state index in [1.54, 1.807) is 12.4 Å². The SMILES string of the molecule is CC(C)(C)C1(C(C)(C)C)CCN(C(=O)c2cccnc2)CC1. The van der Waals surface area contributed by atoms with Crippen molar-refractivity contribution >= 4 is 5.91 Å². The molecule has 0 aliphatic carbocycles. The normalized spacial score (nSPS) is 19.1. The summed E-state index contributed by atoms with van der Waals surface area (Å²) in [5, 5.41) is 0. The first-order valence-electron chi connectivity index (χ1n) is 8.28. The number of piperidine rings is 1. The number of amides is 1. The lowest BCUT2D eigenvalue weighted by atomic mass is 9.50. The number of carbonyl (C=O) groups excluding carboxylic acids is 1. The van der Waals surface area contributed by atoms with Crippen LogP contribution in [0, 0.1) is 16.2 Å². The lowest BCUT2D eigenvalue weighted by Crippen LogP contribution is -2.54. The highest BCUT2D eigenvalue weighted by atomic mass is 16.2. The third-order valence-electron chi connectivity index (χ3n) is 5.68. The van der Waals surface area contributed by atoms with Gasteiger partial charge >= 0.3 is 0 Å². The van der Waals surface area contributed by atoms with E-state index in [1.165, 1.54) is 0 Å². The smallest absolute Gasteiger partial charge is 0.255 e. The summed E-state index contributed by atoms with van der Waals surface area (Å²) in [5.74, 6) is 0.115. The molecule has 0 saturated carbocycles. The van der Waals surface area contributed by atoms with Gasteiger partial charge in [-0.25, -0.2) is 0 Å². The van der Waals surface area contributed by atoms with Gasteiger partial charge in [0.1, 0.15) is 0 Å². The van der Waals surface area contributed by atoms with Crippen molar-refractivity contribution in [2.75, 3.05) is 13.1 Å². The van der Waals surface area contributed by atoms with Crippen molar-refractivity contribution in [3.8, 4) is 0 Å². The Morgan fingerprint density at radius 3 is 2.05 bits per heavy atom. The number of aromatic nitrogens is 1. The molecule has 1 fully saturated rings. The number of hydrogen-bond acceptors (Lipinski definition) is 2. The van der Waals surface area contributed by atoms with E-state index in [4.69, 9.17) is 0 Å². The molecule has 122 valence electrons. The molecule has 22 heavy (non-hydrogen) atoms. The van der Waals surface area contributed by atoms with E-state index in [9.17, 15) is 4.79 Å². The highest BCUT2D eigenvalue weighted by Crippen LogP contribution is 2.57. The van der Waals surface area contributed by atoms with Gasteiger partial charge in [0, 0.05) is 25.5 Å². The summed E-state index contributed by atoms with van der Waals surface area (Å²) in [4.78, 5) is 18.6. The van der Waals surface area contributed by atoms with Gasteiger partial charge in [-0.2, -0.15) is 0 Å². The molecule has 0 radical (unpaired) electrons. The summed E-state index contributed by atoms with van der Waals surface area (Å²) in [6.45, 7) is 15.7. The van der Waals surface area contributed by atoms with Crippen LogP contribution in [0.5, 0.6) is 0 Å². The van der Waals surface area contributed by atoms with Gasteiger partial charge in [-0.05, 0) is 41.2 Å². The highest BCUT2D eigenvalue weighted by Gasteiger charge is 2.51. The van der Waals surface area contributed by atoms with Gasteiger partial charge in [0.15, 0.2) is 0 Å². The maximum absolute atomic E-state index is 12.6. The first kappa shape index (κ1) is 17.0. The fourth-order valence-electron chi connectivity index (χ4n) is 4.39. The maximum Gasteiger partial charge on any atom is 0.255 e. The minimum Gasteiger partial charge on any atom is -0.339 e. The topological polar surface area (TPSA) is 33.2 Å². The molecule has 0 spiro atoms. The van der Waals surface area contributed by atoms with Gasteiger partial charge in [-0.3, -0.25) is 9.78 Å². The Hall–Kier alpha value is -1.38. The molecule has 3 heteroatoms. The van der Waals surface area contributed by atoms with Crippen molar-refractivity contribution in [1.29, 1.82) is 0 Å². The van der Waals surface area contributed by atoms with Gasteiger partial charge in [0.05, 0.1) is 5.56 Å². The van der Waals surface area contributed by atoms with Crippen molar-refractivity contribution < 1.29 is 4.79 Å². The molecule has 1 amide bonds. The van der Waals surface area contributed by atoms with Crippen LogP contribution in [0.4, 0.5) is 0 Å². The van der Waals surface area contributed by atoms with Gasteiger partial charge in [-0.1, -0.05) is 41.5 Å². The van der Waals surface area contributed by atoms with Crippen LogP contribution in [0.1, 0.15) is 64.7 Å². The third-order valence-corrected chi connectivity index (χ3v) is 5.68. The molecule has 1 saturated heterocycles. The van der Waals surface area contributed by atoms with E-state index in [1.807, 2.05) is 17.0 Å². The molecule has 0 N–H and O–H groups in total. The minimum absolute atomic E-state index is 0.115. The minimum atomic E-state index is 0.115. The molecular formula is C19H30N2O. The average molecular weight is 302 g/mol. The van der Waals surface area contributed by atoms with Crippen LogP contribution >= 0.6 is 0 Å². The van der Waals surface area contributed by atoms with E-state index in [0.29, 0.717) is 5.56 Å². The van der Waals surface area contributed by atoms with Crippen molar-refractivity contribution in [2.45, 2.75) is 54.4 Å². The molecule has 2 heterocycles. The molecule has 1 aliphatic rings. The van der Waals surface area contributed by atoms with E-state index < -0.39 is 0 Å². The fourth-order valence-corrected chi connectivity index (χ4v) is 4.39. The first-order valence-corrected chi connectivity index (χ1v) is 8.28. The van der Waals surface area contributed by atoms with Crippen molar-refractivity contribution in [3.05, 3.63) is 30.1 Å².